The van der Waals surface area contributed by atoms with Gasteiger partial charge in [0.2, 0.25) is 0 Å². The fourth-order valence-electron chi connectivity index (χ4n) is 3.30. The Morgan fingerprint density at radius 3 is 2.50 bits per heavy atom. The molecule has 0 N–H and O–H groups in total. The van der Waals surface area contributed by atoms with Crippen LogP contribution in [-0.2, 0) is 0 Å². The van der Waals surface area contributed by atoms with E-state index >= 15 is 0 Å². The van der Waals surface area contributed by atoms with Gasteiger partial charge in [-0.25, -0.2) is 0 Å². The van der Waals surface area contributed by atoms with Gasteiger partial charge < -0.3 is 0 Å². The molecule has 0 bridgehead atoms. The molecule has 1 aliphatic rings. The molecule has 2 aromatic carbocycles. The minimum absolute atomic E-state index is 0.547. The van der Waals surface area contributed by atoms with Crippen LogP contribution in [0.4, 0.5) is 0 Å². The Labute approximate surface area is 121 Å². The monoisotopic (exact) mass is 260 g/mol. The van der Waals surface area contributed by atoms with Gasteiger partial charge in [0.1, 0.15) is 0 Å². The van der Waals surface area contributed by atoms with Crippen molar-refractivity contribution in [1.82, 2.24) is 0 Å². The lowest BCUT2D eigenvalue weighted by Crippen LogP contribution is -2.14. The van der Waals surface area contributed by atoms with Crippen LogP contribution in [0.15, 0.2) is 48.5 Å². The van der Waals surface area contributed by atoms with E-state index in [9.17, 15) is 0 Å². The fraction of sp³-hybridized carbons (Fsp3) is 0.300. The highest BCUT2D eigenvalue weighted by Crippen LogP contribution is 2.42. The average Bonchev–Trinajstić information content (AvgIpc) is 2.49. The summed E-state index contributed by atoms with van der Waals surface area (Å²) in [4.78, 5) is 0. The van der Waals surface area contributed by atoms with Crippen LogP contribution >= 0.6 is 0 Å². The van der Waals surface area contributed by atoms with E-state index in [1.54, 1.807) is 0 Å². The molecule has 2 aromatic rings. The lowest BCUT2D eigenvalue weighted by molar-refractivity contribution is 0.545. The first-order chi connectivity index (χ1) is 9.79. The second-order valence-electron chi connectivity index (χ2n) is 5.66. The molecule has 0 saturated heterocycles. The molecule has 2 unspecified atom stereocenters. The summed E-state index contributed by atoms with van der Waals surface area (Å²) in [5, 5.41) is 0. The SMILES string of the molecule is CC#Cc1ccc2c(c1)C(C)CCC2c1ccccc1. The van der Waals surface area contributed by atoms with Crippen molar-refractivity contribution in [1.29, 1.82) is 0 Å². The van der Waals surface area contributed by atoms with Crippen molar-refractivity contribution >= 4 is 0 Å². The van der Waals surface area contributed by atoms with E-state index in [1.807, 2.05) is 6.92 Å². The zero-order valence-electron chi connectivity index (χ0n) is 12.2. The van der Waals surface area contributed by atoms with E-state index in [-0.39, 0.29) is 0 Å². The molecule has 0 aromatic heterocycles. The molecule has 0 aliphatic heterocycles. The molecule has 0 heterocycles. The summed E-state index contributed by atoms with van der Waals surface area (Å²) in [7, 11) is 0. The molecule has 0 radical (unpaired) electrons. The minimum Gasteiger partial charge on any atom is -0.101 e. The Hall–Kier alpha value is -2.00. The molecular formula is C20H20. The molecule has 1 aliphatic carbocycles. The van der Waals surface area contributed by atoms with Crippen molar-refractivity contribution in [2.45, 2.75) is 38.5 Å². The average molecular weight is 260 g/mol. The summed E-state index contributed by atoms with van der Waals surface area (Å²) in [5.41, 5.74) is 5.57. The van der Waals surface area contributed by atoms with Gasteiger partial charge in [0.05, 0.1) is 0 Å². The molecule has 0 heteroatoms. The summed E-state index contributed by atoms with van der Waals surface area (Å²) in [6, 6.07) is 17.6. The van der Waals surface area contributed by atoms with Gasteiger partial charge >= 0.3 is 0 Å². The lowest BCUT2D eigenvalue weighted by atomic mass is 9.74. The maximum Gasteiger partial charge on any atom is 0.0248 e. The maximum atomic E-state index is 3.18. The van der Waals surface area contributed by atoms with Crippen LogP contribution in [0.5, 0.6) is 0 Å². The van der Waals surface area contributed by atoms with Crippen molar-refractivity contribution in [3.05, 3.63) is 70.8 Å². The van der Waals surface area contributed by atoms with Crippen LogP contribution in [-0.4, -0.2) is 0 Å². The number of benzene rings is 2. The first-order valence-corrected chi connectivity index (χ1v) is 7.41. The number of rotatable bonds is 1. The molecular weight excluding hydrogens is 240 g/mol. The summed E-state index contributed by atoms with van der Waals surface area (Å²) in [6.45, 7) is 4.23. The minimum atomic E-state index is 0.547. The van der Waals surface area contributed by atoms with E-state index in [1.165, 1.54) is 29.5 Å². The zero-order valence-corrected chi connectivity index (χ0v) is 12.2. The Balaban J connectivity index is 2.07. The van der Waals surface area contributed by atoms with E-state index in [4.69, 9.17) is 0 Å². The first kappa shape index (κ1) is 13.0. The van der Waals surface area contributed by atoms with Gasteiger partial charge in [0.25, 0.3) is 0 Å². The molecule has 20 heavy (non-hydrogen) atoms. The number of fused-ring (bicyclic) bond motifs is 1. The Bertz CT molecular complexity index is 655. The predicted molar refractivity (Wildman–Crippen MR) is 84.9 cm³/mol. The highest BCUT2D eigenvalue weighted by Gasteiger charge is 2.25. The van der Waals surface area contributed by atoms with Crippen LogP contribution in [0.1, 0.15) is 60.8 Å². The second-order valence-corrected chi connectivity index (χ2v) is 5.66. The molecule has 0 spiro atoms. The van der Waals surface area contributed by atoms with Gasteiger partial charge in [-0.1, -0.05) is 49.2 Å². The molecule has 0 fully saturated rings. The van der Waals surface area contributed by atoms with Gasteiger partial charge in [-0.05, 0) is 54.5 Å². The zero-order chi connectivity index (χ0) is 13.9. The maximum absolute atomic E-state index is 3.18. The van der Waals surface area contributed by atoms with Crippen molar-refractivity contribution in [2.75, 3.05) is 0 Å². The number of hydrogen-bond donors (Lipinski definition) is 0. The molecule has 0 saturated carbocycles. The largest absolute Gasteiger partial charge is 0.101 e. The molecule has 2 atom stereocenters. The quantitative estimate of drug-likeness (QED) is 0.627. The normalized spacial score (nSPS) is 20.7. The lowest BCUT2D eigenvalue weighted by Gasteiger charge is -2.30. The van der Waals surface area contributed by atoms with Crippen molar-refractivity contribution in [3.8, 4) is 11.8 Å². The Morgan fingerprint density at radius 1 is 0.950 bits per heavy atom. The van der Waals surface area contributed by atoms with Crippen LogP contribution in [0, 0.1) is 11.8 Å². The molecule has 0 amide bonds. The van der Waals surface area contributed by atoms with Gasteiger partial charge in [-0.2, -0.15) is 0 Å². The van der Waals surface area contributed by atoms with E-state index in [0.717, 1.165) is 5.56 Å². The summed E-state index contributed by atoms with van der Waals surface area (Å²) in [5.74, 6) is 7.37. The third-order valence-corrected chi connectivity index (χ3v) is 4.35. The smallest absolute Gasteiger partial charge is 0.0248 e. The molecule has 0 nitrogen and oxygen atoms in total. The summed E-state index contributed by atoms with van der Waals surface area (Å²) >= 11 is 0. The van der Waals surface area contributed by atoms with E-state index in [2.05, 4.69) is 67.3 Å². The standard InChI is InChI=1S/C20H20/c1-3-7-16-11-13-19-18(17-8-5-4-6-9-17)12-10-15(2)20(19)14-16/h4-6,8-9,11,13-15,18H,10,12H2,1-2H3. The van der Waals surface area contributed by atoms with Gasteiger partial charge in [-0.15, -0.1) is 5.92 Å². The topological polar surface area (TPSA) is 0 Å². The van der Waals surface area contributed by atoms with Crippen molar-refractivity contribution in [2.24, 2.45) is 0 Å². The van der Waals surface area contributed by atoms with Crippen LogP contribution in [0.3, 0.4) is 0 Å². The van der Waals surface area contributed by atoms with Crippen LogP contribution < -0.4 is 0 Å². The third-order valence-electron chi connectivity index (χ3n) is 4.35. The summed E-state index contributed by atoms with van der Waals surface area (Å²) in [6.07, 6.45) is 2.51. The van der Waals surface area contributed by atoms with Crippen molar-refractivity contribution in [3.63, 3.8) is 0 Å². The van der Waals surface area contributed by atoms with E-state index < -0.39 is 0 Å². The van der Waals surface area contributed by atoms with Crippen LogP contribution in [0.2, 0.25) is 0 Å². The second kappa shape index (κ2) is 5.55. The predicted octanol–water partition coefficient (Wildman–Crippen LogP) is 5.09. The summed E-state index contributed by atoms with van der Waals surface area (Å²) < 4.78 is 0. The Morgan fingerprint density at radius 2 is 1.75 bits per heavy atom. The van der Waals surface area contributed by atoms with Crippen molar-refractivity contribution < 1.29 is 0 Å². The highest BCUT2D eigenvalue weighted by atomic mass is 14.3. The van der Waals surface area contributed by atoms with Gasteiger partial charge in [0, 0.05) is 11.5 Å². The highest BCUT2D eigenvalue weighted by molar-refractivity contribution is 5.47. The van der Waals surface area contributed by atoms with E-state index in [0.29, 0.717) is 11.8 Å². The van der Waals surface area contributed by atoms with Crippen LogP contribution in [0.25, 0.3) is 0 Å². The third kappa shape index (κ3) is 2.37. The number of hydrogen-bond acceptors (Lipinski definition) is 0. The first-order valence-electron chi connectivity index (χ1n) is 7.41. The Kier molecular flexibility index (Phi) is 3.61. The molecule has 100 valence electrons. The molecule has 3 rings (SSSR count). The van der Waals surface area contributed by atoms with Gasteiger partial charge in [-0.3, -0.25) is 0 Å². The fourth-order valence-corrected chi connectivity index (χ4v) is 3.30. The van der Waals surface area contributed by atoms with Gasteiger partial charge in [0.15, 0.2) is 0 Å².